The number of hydrogen-bond donors (Lipinski definition) is 0. The fraction of sp³-hybridized carbons (Fsp3) is 0.545. The van der Waals surface area contributed by atoms with Crippen LogP contribution in [0.3, 0.4) is 0 Å². The van der Waals surface area contributed by atoms with E-state index in [1.165, 1.54) is 12.1 Å². The highest BCUT2D eigenvalue weighted by molar-refractivity contribution is 7.91. The van der Waals surface area contributed by atoms with Crippen molar-refractivity contribution in [2.75, 3.05) is 37.7 Å². The summed E-state index contributed by atoms with van der Waals surface area (Å²) < 4.78 is 27.9. The Balaban J connectivity index is 1.75. The van der Waals surface area contributed by atoms with E-state index in [0.717, 1.165) is 6.20 Å². The number of nitro groups is 1. The van der Waals surface area contributed by atoms with Crippen LogP contribution in [0.5, 0.6) is 5.88 Å². The largest absolute Gasteiger partial charge is 0.476 e. The zero-order valence-electron chi connectivity index (χ0n) is 10.8. The van der Waals surface area contributed by atoms with Gasteiger partial charge < -0.3 is 4.74 Å². The number of rotatable bonds is 5. The van der Waals surface area contributed by atoms with E-state index in [1.54, 1.807) is 0 Å². The molecule has 1 fully saturated rings. The van der Waals surface area contributed by atoms with Gasteiger partial charge in [0.2, 0.25) is 5.88 Å². The Labute approximate surface area is 116 Å². The Hall–Kier alpha value is -1.74. The summed E-state index contributed by atoms with van der Waals surface area (Å²) in [6.07, 6.45) is 1.14. The van der Waals surface area contributed by atoms with Gasteiger partial charge in [0.15, 0.2) is 9.84 Å². The minimum Gasteiger partial charge on any atom is -0.476 e. The third kappa shape index (κ3) is 4.14. The van der Waals surface area contributed by atoms with Crippen LogP contribution in [0, 0.1) is 10.1 Å². The molecule has 0 atom stereocenters. The quantitative estimate of drug-likeness (QED) is 0.561. The van der Waals surface area contributed by atoms with Gasteiger partial charge in [0.1, 0.15) is 12.8 Å². The van der Waals surface area contributed by atoms with Crippen molar-refractivity contribution in [3.8, 4) is 5.88 Å². The lowest BCUT2D eigenvalue weighted by atomic mass is 10.4. The van der Waals surface area contributed by atoms with E-state index >= 15 is 0 Å². The maximum atomic E-state index is 11.3. The molecule has 0 saturated carbocycles. The minimum atomic E-state index is -2.86. The molecule has 1 saturated heterocycles. The first-order valence-corrected chi connectivity index (χ1v) is 7.94. The average Bonchev–Trinajstić information content (AvgIpc) is 2.41. The number of aromatic nitrogens is 1. The molecule has 8 nitrogen and oxygen atoms in total. The maximum Gasteiger partial charge on any atom is 0.287 e. The van der Waals surface area contributed by atoms with Gasteiger partial charge in [0.05, 0.1) is 16.4 Å². The fourth-order valence-corrected chi connectivity index (χ4v) is 3.10. The highest BCUT2D eigenvalue weighted by Crippen LogP contribution is 2.13. The topological polar surface area (TPSA) is 103 Å². The van der Waals surface area contributed by atoms with E-state index in [0.29, 0.717) is 32.1 Å². The summed E-state index contributed by atoms with van der Waals surface area (Å²) in [5.41, 5.74) is -0.0846. The van der Waals surface area contributed by atoms with E-state index in [-0.39, 0.29) is 17.2 Å². The molecule has 0 spiro atoms. The second kappa shape index (κ2) is 6.14. The molecule has 0 amide bonds. The number of ether oxygens (including phenoxy) is 1. The van der Waals surface area contributed by atoms with Gasteiger partial charge in [-0.3, -0.25) is 15.0 Å². The Kier molecular flexibility index (Phi) is 4.50. The van der Waals surface area contributed by atoms with E-state index in [1.807, 2.05) is 4.90 Å². The molecule has 1 aliphatic heterocycles. The molecule has 0 radical (unpaired) electrons. The standard InChI is InChI=1S/C11H15N3O5S/c15-14(16)10-1-2-11(12-9-10)19-6-3-13-4-7-20(17,18)8-5-13/h1-2,9H,3-8H2. The van der Waals surface area contributed by atoms with Crippen molar-refractivity contribution in [2.45, 2.75) is 0 Å². The Morgan fingerprint density at radius 1 is 1.35 bits per heavy atom. The Morgan fingerprint density at radius 2 is 2.05 bits per heavy atom. The third-order valence-electron chi connectivity index (χ3n) is 3.03. The number of pyridine rings is 1. The lowest BCUT2D eigenvalue weighted by molar-refractivity contribution is -0.385. The van der Waals surface area contributed by atoms with Crippen LogP contribution < -0.4 is 4.74 Å². The van der Waals surface area contributed by atoms with Crippen LogP contribution >= 0.6 is 0 Å². The number of hydrogen-bond acceptors (Lipinski definition) is 7. The van der Waals surface area contributed by atoms with Gasteiger partial charge in [-0.25, -0.2) is 13.4 Å². The van der Waals surface area contributed by atoms with Crippen LogP contribution in [0.2, 0.25) is 0 Å². The summed E-state index contributed by atoms with van der Waals surface area (Å²) in [5, 5.41) is 10.5. The van der Waals surface area contributed by atoms with Crippen molar-refractivity contribution in [1.82, 2.24) is 9.88 Å². The minimum absolute atomic E-state index is 0.0846. The second-order valence-electron chi connectivity index (χ2n) is 4.45. The molecular weight excluding hydrogens is 286 g/mol. The molecule has 2 rings (SSSR count). The van der Waals surface area contributed by atoms with Gasteiger partial charge in [0.25, 0.3) is 5.69 Å². The molecule has 0 bridgehead atoms. The SMILES string of the molecule is O=[N+]([O-])c1ccc(OCCN2CCS(=O)(=O)CC2)nc1. The molecular formula is C11H15N3O5S. The molecule has 0 aliphatic carbocycles. The first-order valence-electron chi connectivity index (χ1n) is 6.12. The summed E-state index contributed by atoms with van der Waals surface area (Å²) in [4.78, 5) is 15.8. The molecule has 0 N–H and O–H groups in total. The van der Waals surface area contributed by atoms with Crippen molar-refractivity contribution in [3.63, 3.8) is 0 Å². The van der Waals surface area contributed by atoms with Gasteiger partial charge >= 0.3 is 0 Å². The molecule has 1 aromatic rings. The number of nitrogens with zero attached hydrogens (tertiary/aromatic N) is 3. The highest BCUT2D eigenvalue weighted by Gasteiger charge is 2.21. The monoisotopic (exact) mass is 301 g/mol. The van der Waals surface area contributed by atoms with Crippen LogP contribution in [0.4, 0.5) is 5.69 Å². The van der Waals surface area contributed by atoms with Crippen molar-refractivity contribution >= 4 is 15.5 Å². The second-order valence-corrected chi connectivity index (χ2v) is 6.76. The lowest BCUT2D eigenvalue weighted by Crippen LogP contribution is -2.42. The Bertz CT molecular complexity index is 558. The third-order valence-corrected chi connectivity index (χ3v) is 4.64. The summed E-state index contributed by atoms with van der Waals surface area (Å²) in [7, 11) is -2.86. The Morgan fingerprint density at radius 3 is 2.60 bits per heavy atom. The van der Waals surface area contributed by atoms with Crippen LogP contribution in [-0.2, 0) is 9.84 Å². The highest BCUT2D eigenvalue weighted by atomic mass is 32.2. The summed E-state index contributed by atoms with van der Waals surface area (Å²) in [5.74, 6) is 0.686. The summed E-state index contributed by atoms with van der Waals surface area (Å²) in [6.45, 7) is 2.00. The van der Waals surface area contributed by atoms with Crippen molar-refractivity contribution in [3.05, 3.63) is 28.4 Å². The maximum absolute atomic E-state index is 11.3. The zero-order chi connectivity index (χ0) is 14.6. The lowest BCUT2D eigenvalue weighted by Gasteiger charge is -2.26. The van der Waals surface area contributed by atoms with Crippen molar-refractivity contribution in [1.29, 1.82) is 0 Å². The van der Waals surface area contributed by atoms with Crippen molar-refractivity contribution in [2.24, 2.45) is 0 Å². The fourth-order valence-electron chi connectivity index (χ4n) is 1.82. The van der Waals surface area contributed by atoms with E-state index in [9.17, 15) is 18.5 Å². The first kappa shape index (κ1) is 14.7. The molecule has 9 heteroatoms. The van der Waals surface area contributed by atoms with E-state index in [4.69, 9.17) is 4.74 Å². The molecule has 110 valence electrons. The van der Waals surface area contributed by atoms with Gasteiger partial charge in [-0.15, -0.1) is 0 Å². The van der Waals surface area contributed by atoms with Gasteiger partial charge in [0, 0.05) is 31.8 Å². The van der Waals surface area contributed by atoms with Crippen LogP contribution in [0.15, 0.2) is 18.3 Å². The van der Waals surface area contributed by atoms with Crippen LogP contribution in [0.25, 0.3) is 0 Å². The smallest absolute Gasteiger partial charge is 0.287 e. The molecule has 1 aliphatic rings. The van der Waals surface area contributed by atoms with Gasteiger partial charge in [-0.05, 0) is 0 Å². The molecule has 2 heterocycles. The molecule has 20 heavy (non-hydrogen) atoms. The predicted octanol–water partition coefficient (Wildman–Crippen LogP) is 0.0990. The summed E-state index contributed by atoms with van der Waals surface area (Å²) >= 11 is 0. The normalized spacial score (nSPS) is 18.6. The molecule has 0 unspecified atom stereocenters. The van der Waals surface area contributed by atoms with Gasteiger partial charge in [-0.2, -0.15) is 0 Å². The number of sulfone groups is 1. The first-order chi connectivity index (χ1) is 9.46. The van der Waals surface area contributed by atoms with E-state index < -0.39 is 14.8 Å². The van der Waals surface area contributed by atoms with Crippen molar-refractivity contribution < 1.29 is 18.1 Å². The average molecular weight is 301 g/mol. The van der Waals surface area contributed by atoms with Gasteiger partial charge in [-0.1, -0.05) is 0 Å². The van der Waals surface area contributed by atoms with E-state index in [2.05, 4.69) is 4.98 Å². The van der Waals surface area contributed by atoms with Crippen LogP contribution in [-0.4, -0.2) is 61.0 Å². The molecule has 1 aromatic heterocycles. The van der Waals surface area contributed by atoms with Crippen LogP contribution in [0.1, 0.15) is 0 Å². The predicted molar refractivity (Wildman–Crippen MR) is 71.5 cm³/mol. The summed E-state index contributed by atoms with van der Waals surface area (Å²) in [6, 6.07) is 2.77. The molecule has 0 aromatic carbocycles. The zero-order valence-corrected chi connectivity index (χ0v) is 11.6.